The molecule has 0 unspecified atom stereocenters. The average Bonchev–Trinajstić information content (AvgIpc) is 2.55. The number of likely N-dealkylation sites (N-methyl/N-ethyl adjacent to an activating group) is 1. The first-order valence-electron chi connectivity index (χ1n) is 7.11. The third-order valence-electron chi connectivity index (χ3n) is 3.04. The van der Waals surface area contributed by atoms with Crippen LogP contribution in [-0.2, 0) is 0 Å². The van der Waals surface area contributed by atoms with E-state index in [0.29, 0.717) is 23.6 Å². The van der Waals surface area contributed by atoms with E-state index in [2.05, 4.69) is 26.7 Å². The van der Waals surface area contributed by atoms with Gasteiger partial charge in [-0.25, -0.2) is 9.97 Å². The van der Waals surface area contributed by atoms with Crippen molar-refractivity contribution >= 4 is 17.4 Å². The number of nitrogens with one attached hydrogen (secondary N) is 2. The molecule has 0 saturated heterocycles. The lowest BCUT2D eigenvalue weighted by Crippen LogP contribution is -2.31. The van der Waals surface area contributed by atoms with Crippen LogP contribution in [-0.4, -0.2) is 48.0 Å². The van der Waals surface area contributed by atoms with Gasteiger partial charge < -0.3 is 15.5 Å². The molecule has 118 valence electrons. The molecule has 1 aromatic carbocycles. The number of nitriles is 1. The minimum Gasteiger partial charge on any atom is -0.349 e. The lowest BCUT2D eigenvalue weighted by molar-refractivity contribution is 0.0945. The van der Waals surface area contributed by atoms with Gasteiger partial charge in [-0.2, -0.15) is 5.26 Å². The third kappa shape index (κ3) is 4.76. The highest BCUT2D eigenvalue weighted by molar-refractivity contribution is 5.92. The summed E-state index contributed by atoms with van der Waals surface area (Å²) in [6.45, 7) is 1.30. The standard InChI is InChI=1S/C16H18N6O/c1-22(2)8-7-18-16(23)14-10-20-15(11-19-14)21-13-6-4-3-5-12(13)9-17/h3-6,10-11H,7-8H2,1-2H3,(H,18,23)(H,20,21). The molecule has 7 nitrogen and oxygen atoms in total. The fourth-order valence-electron chi connectivity index (χ4n) is 1.82. The lowest BCUT2D eigenvalue weighted by Gasteiger charge is -2.10. The number of benzene rings is 1. The largest absolute Gasteiger partial charge is 0.349 e. The highest BCUT2D eigenvalue weighted by Gasteiger charge is 2.08. The van der Waals surface area contributed by atoms with Crippen LogP contribution >= 0.6 is 0 Å². The zero-order valence-corrected chi connectivity index (χ0v) is 13.1. The maximum Gasteiger partial charge on any atom is 0.271 e. The fourth-order valence-corrected chi connectivity index (χ4v) is 1.82. The Hall–Kier alpha value is -2.98. The second-order valence-corrected chi connectivity index (χ2v) is 5.13. The molecule has 0 fully saturated rings. The molecule has 0 atom stereocenters. The number of carbonyl (C=O) groups excluding carboxylic acids is 1. The van der Waals surface area contributed by atoms with Gasteiger partial charge >= 0.3 is 0 Å². The van der Waals surface area contributed by atoms with E-state index in [9.17, 15) is 4.79 Å². The van der Waals surface area contributed by atoms with Gasteiger partial charge in [0.05, 0.1) is 23.6 Å². The van der Waals surface area contributed by atoms with E-state index >= 15 is 0 Å². The van der Waals surface area contributed by atoms with Crippen LogP contribution in [0.25, 0.3) is 0 Å². The SMILES string of the molecule is CN(C)CCNC(=O)c1cnc(Nc2ccccc2C#N)cn1. The first kappa shape index (κ1) is 16.4. The smallest absolute Gasteiger partial charge is 0.271 e. The number of hydrogen-bond acceptors (Lipinski definition) is 6. The van der Waals surface area contributed by atoms with Crippen molar-refractivity contribution in [1.82, 2.24) is 20.2 Å². The van der Waals surface area contributed by atoms with Gasteiger partial charge in [0.2, 0.25) is 0 Å². The average molecular weight is 310 g/mol. The monoisotopic (exact) mass is 310 g/mol. The van der Waals surface area contributed by atoms with Gasteiger partial charge in [-0.3, -0.25) is 4.79 Å². The summed E-state index contributed by atoms with van der Waals surface area (Å²) in [7, 11) is 3.87. The molecular weight excluding hydrogens is 292 g/mol. The molecular formula is C16H18N6O. The van der Waals surface area contributed by atoms with Gasteiger partial charge in [-0.1, -0.05) is 12.1 Å². The Morgan fingerprint density at radius 1 is 1.26 bits per heavy atom. The Bertz CT molecular complexity index is 705. The maximum atomic E-state index is 11.9. The van der Waals surface area contributed by atoms with Crippen LogP contribution in [0.15, 0.2) is 36.7 Å². The number of para-hydroxylation sites is 1. The van der Waals surface area contributed by atoms with Crippen LogP contribution in [0, 0.1) is 11.3 Å². The lowest BCUT2D eigenvalue weighted by atomic mass is 10.2. The Morgan fingerprint density at radius 2 is 2.04 bits per heavy atom. The molecule has 1 heterocycles. The Morgan fingerprint density at radius 3 is 2.70 bits per heavy atom. The number of carbonyl (C=O) groups is 1. The van der Waals surface area contributed by atoms with E-state index in [1.54, 1.807) is 18.2 Å². The second-order valence-electron chi connectivity index (χ2n) is 5.13. The van der Waals surface area contributed by atoms with Crippen LogP contribution in [0.2, 0.25) is 0 Å². The van der Waals surface area contributed by atoms with Crippen molar-refractivity contribution in [3.63, 3.8) is 0 Å². The number of rotatable bonds is 6. The summed E-state index contributed by atoms with van der Waals surface area (Å²) in [6, 6.07) is 9.20. The second kappa shape index (κ2) is 7.87. The first-order chi connectivity index (χ1) is 11.1. The highest BCUT2D eigenvalue weighted by atomic mass is 16.1. The molecule has 2 rings (SSSR count). The molecule has 2 N–H and O–H groups in total. The molecule has 0 spiro atoms. The van der Waals surface area contributed by atoms with Crippen LogP contribution in [0.3, 0.4) is 0 Å². The quantitative estimate of drug-likeness (QED) is 0.837. The molecule has 0 aliphatic rings. The summed E-state index contributed by atoms with van der Waals surface area (Å²) < 4.78 is 0. The van der Waals surface area contributed by atoms with E-state index in [-0.39, 0.29) is 11.6 Å². The van der Waals surface area contributed by atoms with Gasteiger partial charge in [0.1, 0.15) is 17.6 Å². The molecule has 2 aromatic rings. The topological polar surface area (TPSA) is 93.9 Å². The van der Waals surface area contributed by atoms with E-state index in [0.717, 1.165) is 6.54 Å². The summed E-state index contributed by atoms with van der Waals surface area (Å²) in [5.41, 5.74) is 1.41. The highest BCUT2D eigenvalue weighted by Crippen LogP contribution is 2.17. The van der Waals surface area contributed by atoms with Crippen molar-refractivity contribution in [1.29, 1.82) is 5.26 Å². The van der Waals surface area contributed by atoms with Crippen molar-refractivity contribution in [2.24, 2.45) is 0 Å². The number of anilines is 2. The summed E-state index contributed by atoms with van der Waals surface area (Å²) in [5, 5.41) is 14.8. The van der Waals surface area contributed by atoms with Gasteiger partial charge in [-0.15, -0.1) is 0 Å². The molecule has 0 aliphatic heterocycles. The first-order valence-corrected chi connectivity index (χ1v) is 7.11. The summed E-state index contributed by atoms with van der Waals surface area (Å²) in [5.74, 6) is 0.209. The van der Waals surface area contributed by atoms with E-state index in [4.69, 9.17) is 5.26 Å². The van der Waals surface area contributed by atoms with Crippen molar-refractivity contribution in [2.75, 3.05) is 32.5 Å². The Labute approximate surface area is 135 Å². The van der Waals surface area contributed by atoms with E-state index < -0.39 is 0 Å². The molecule has 0 radical (unpaired) electrons. The number of amides is 1. The van der Waals surface area contributed by atoms with Crippen molar-refractivity contribution < 1.29 is 4.79 Å². The summed E-state index contributed by atoms with van der Waals surface area (Å²) in [4.78, 5) is 22.1. The summed E-state index contributed by atoms with van der Waals surface area (Å²) in [6.07, 6.45) is 2.87. The summed E-state index contributed by atoms with van der Waals surface area (Å²) >= 11 is 0. The van der Waals surface area contributed by atoms with Crippen LogP contribution < -0.4 is 10.6 Å². The predicted molar refractivity (Wildman–Crippen MR) is 87.4 cm³/mol. The Kier molecular flexibility index (Phi) is 5.61. The number of hydrogen-bond donors (Lipinski definition) is 2. The van der Waals surface area contributed by atoms with Gasteiger partial charge in [0.15, 0.2) is 0 Å². The molecule has 0 aliphatic carbocycles. The van der Waals surface area contributed by atoms with Gasteiger partial charge in [0, 0.05) is 13.1 Å². The van der Waals surface area contributed by atoms with E-state index in [1.807, 2.05) is 25.1 Å². The minimum absolute atomic E-state index is 0.253. The van der Waals surface area contributed by atoms with Crippen molar-refractivity contribution in [2.45, 2.75) is 0 Å². The van der Waals surface area contributed by atoms with Crippen LogP contribution in [0.5, 0.6) is 0 Å². The molecule has 23 heavy (non-hydrogen) atoms. The molecule has 1 aromatic heterocycles. The third-order valence-corrected chi connectivity index (χ3v) is 3.04. The fraction of sp³-hybridized carbons (Fsp3) is 0.250. The maximum absolute atomic E-state index is 11.9. The van der Waals surface area contributed by atoms with Crippen molar-refractivity contribution in [3.05, 3.63) is 47.9 Å². The normalized spacial score (nSPS) is 10.2. The zero-order chi connectivity index (χ0) is 16.7. The minimum atomic E-state index is -0.261. The number of nitrogens with zero attached hydrogens (tertiary/aromatic N) is 4. The van der Waals surface area contributed by atoms with E-state index in [1.165, 1.54) is 12.4 Å². The molecule has 0 bridgehead atoms. The van der Waals surface area contributed by atoms with Crippen LogP contribution in [0.4, 0.5) is 11.5 Å². The Balaban J connectivity index is 1.99. The van der Waals surface area contributed by atoms with Crippen LogP contribution in [0.1, 0.15) is 16.1 Å². The van der Waals surface area contributed by atoms with Gasteiger partial charge in [0.25, 0.3) is 5.91 Å². The molecule has 7 heteroatoms. The predicted octanol–water partition coefficient (Wildman–Crippen LogP) is 1.38. The molecule has 0 saturated carbocycles. The molecule has 1 amide bonds. The number of aromatic nitrogens is 2. The zero-order valence-electron chi connectivity index (χ0n) is 13.1. The van der Waals surface area contributed by atoms with Crippen molar-refractivity contribution in [3.8, 4) is 6.07 Å². The van der Waals surface area contributed by atoms with Gasteiger partial charge in [-0.05, 0) is 26.2 Å².